The van der Waals surface area contributed by atoms with Gasteiger partial charge >= 0.3 is 5.76 Å². The van der Waals surface area contributed by atoms with Crippen molar-refractivity contribution >= 4 is 11.1 Å². The van der Waals surface area contributed by atoms with Gasteiger partial charge in [0.05, 0.1) is 5.52 Å². The van der Waals surface area contributed by atoms with Crippen LogP contribution in [0.5, 0.6) is 0 Å². The smallest absolute Gasteiger partial charge is 0.408 e. The number of aromatic nitrogens is 1. The van der Waals surface area contributed by atoms with Crippen molar-refractivity contribution in [3.05, 3.63) is 34.3 Å². The largest absolute Gasteiger partial charge is 0.417 e. The second kappa shape index (κ2) is 4.59. The molecule has 0 spiro atoms. The third-order valence-corrected chi connectivity index (χ3v) is 3.72. The SMILES string of the molecule is NC(c1ccc2oc(=O)[nH]c2c1)C1CCNCC1. The molecule has 1 atom stereocenters. The number of oxazole rings is 1. The molecule has 5 nitrogen and oxygen atoms in total. The molecular weight excluding hydrogens is 230 g/mol. The molecule has 1 aromatic carbocycles. The van der Waals surface area contributed by atoms with Crippen LogP contribution in [0.2, 0.25) is 0 Å². The Balaban J connectivity index is 1.90. The summed E-state index contributed by atoms with van der Waals surface area (Å²) in [6, 6.07) is 5.71. The Morgan fingerprint density at radius 1 is 1.33 bits per heavy atom. The van der Waals surface area contributed by atoms with Crippen LogP contribution >= 0.6 is 0 Å². The number of rotatable bonds is 2. The van der Waals surface area contributed by atoms with Crippen molar-refractivity contribution in [3.8, 4) is 0 Å². The van der Waals surface area contributed by atoms with Gasteiger partial charge in [-0.1, -0.05) is 6.07 Å². The van der Waals surface area contributed by atoms with E-state index < -0.39 is 5.76 Å². The van der Waals surface area contributed by atoms with Crippen LogP contribution in [-0.4, -0.2) is 18.1 Å². The van der Waals surface area contributed by atoms with Crippen LogP contribution in [0.4, 0.5) is 0 Å². The minimum absolute atomic E-state index is 0.0231. The highest BCUT2D eigenvalue weighted by Gasteiger charge is 2.22. The lowest BCUT2D eigenvalue weighted by Crippen LogP contribution is -2.33. The molecule has 0 saturated carbocycles. The number of benzene rings is 1. The third-order valence-electron chi connectivity index (χ3n) is 3.72. The summed E-state index contributed by atoms with van der Waals surface area (Å²) >= 11 is 0. The van der Waals surface area contributed by atoms with Crippen LogP contribution in [0.25, 0.3) is 11.1 Å². The van der Waals surface area contributed by atoms with Crippen LogP contribution in [-0.2, 0) is 0 Å². The molecule has 2 aromatic rings. The predicted octanol–water partition coefficient (Wildman–Crippen LogP) is 1.12. The normalized spacial score (nSPS) is 19.2. The Kier molecular flexibility index (Phi) is 2.93. The number of nitrogens with two attached hydrogens (primary N) is 1. The fourth-order valence-corrected chi connectivity index (χ4v) is 2.65. The average molecular weight is 247 g/mol. The number of fused-ring (bicyclic) bond motifs is 1. The molecule has 1 unspecified atom stereocenters. The van der Waals surface area contributed by atoms with Crippen LogP contribution in [0, 0.1) is 5.92 Å². The molecule has 1 aliphatic heterocycles. The number of piperidine rings is 1. The first-order valence-electron chi connectivity index (χ1n) is 6.33. The van der Waals surface area contributed by atoms with Gasteiger partial charge in [-0.15, -0.1) is 0 Å². The fraction of sp³-hybridized carbons (Fsp3) is 0.462. The molecule has 1 fully saturated rings. The Morgan fingerprint density at radius 2 is 2.11 bits per heavy atom. The van der Waals surface area contributed by atoms with E-state index in [1.807, 2.05) is 18.2 Å². The van der Waals surface area contributed by atoms with Crippen LogP contribution < -0.4 is 16.8 Å². The summed E-state index contributed by atoms with van der Waals surface area (Å²) in [6.07, 6.45) is 2.20. The van der Waals surface area contributed by atoms with Crippen LogP contribution in [0.1, 0.15) is 24.4 Å². The molecule has 0 amide bonds. The monoisotopic (exact) mass is 247 g/mol. The van der Waals surface area contributed by atoms with Gasteiger partial charge in [0.25, 0.3) is 0 Å². The molecule has 18 heavy (non-hydrogen) atoms. The molecule has 3 rings (SSSR count). The lowest BCUT2D eigenvalue weighted by molar-refractivity contribution is 0.322. The first kappa shape index (κ1) is 11.5. The summed E-state index contributed by atoms with van der Waals surface area (Å²) in [5.41, 5.74) is 8.69. The first-order valence-corrected chi connectivity index (χ1v) is 6.33. The van der Waals surface area contributed by atoms with Gasteiger partial charge in [0.15, 0.2) is 5.58 Å². The Bertz CT molecular complexity index is 596. The van der Waals surface area contributed by atoms with Gasteiger partial charge < -0.3 is 15.5 Å². The van der Waals surface area contributed by atoms with Gasteiger partial charge in [0.1, 0.15) is 0 Å². The van der Waals surface area contributed by atoms with E-state index in [4.69, 9.17) is 10.2 Å². The second-order valence-electron chi connectivity index (χ2n) is 4.88. The topological polar surface area (TPSA) is 84.0 Å². The van der Waals surface area contributed by atoms with Gasteiger partial charge in [0, 0.05) is 6.04 Å². The molecule has 1 aromatic heterocycles. The minimum atomic E-state index is -0.419. The summed E-state index contributed by atoms with van der Waals surface area (Å²) in [4.78, 5) is 13.8. The average Bonchev–Trinajstić information content (AvgIpc) is 2.78. The standard InChI is InChI=1S/C13H17N3O2/c14-12(8-3-5-15-6-4-8)9-1-2-11-10(7-9)16-13(17)18-11/h1-2,7-8,12,15H,3-6,14H2,(H,16,17). The van der Waals surface area contributed by atoms with Gasteiger partial charge in [0.2, 0.25) is 0 Å². The molecule has 0 radical (unpaired) electrons. The molecule has 1 saturated heterocycles. The van der Waals surface area contributed by atoms with Crippen molar-refractivity contribution in [1.82, 2.24) is 10.3 Å². The maximum absolute atomic E-state index is 11.1. The van der Waals surface area contributed by atoms with E-state index in [-0.39, 0.29) is 6.04 Å². The maximum Gasteiger partial charge on any atom is 0.417 e. The zero-order chi connectivity index (χ0) is 12.5. The van der Waals surface area contributed by atoms with E-state index >= 15 is 0 Å². The number of H-pyrrole nitrogens is 1. The van der Waals surface area contributed by atoms with Crippen molar-refractivity contribution in [3.63, 3.8) is 0 Å². The fourth-order valence-electron chi connectivity index (χ4n) is 2.65. The molecule has 5 heteroatoms. The van der Waals surface area contributed by atoms with Crippen LogP contribution in [0.3, 0.4) is 0 Å². The molecule has 2 heterocycles. The van der Waals surface area contributed by atoms with Gasteiger partial charge in [-0.25, -0.2) is 4.79 Å². The maximum atomic E-state index is 11.1. The highest BCUT2D eigenvalue weighted by Crippen LogP contribution is 2.28. The first-order chi connectivity index (χ1) is 8.74. The Labute approximate surface area is 104 Å². The van der Waals surface area contributed by atoms with E-state index in [1.54, 1.807) is 0 Å². The number of nitrogens with one attached hydrogen (secondary N) is 2. The molecular formula is C13H17N3O2. The van der Waals surface area contributed by atoms with Crippen molar-refractivity contribution in [2.45, 2.75) is 18.9 Å². The number of aromatic amines is 1. The number of hydrogen-bond acceptors (Lipinski definition) is 4. The van der Waals surface area contributed by atoms with E-state index in [1.165, 1.54) is 0 Å². The molecule has 0 bridgehead atoms. The van der Waals surface area contributed by atoms with Gasteiger partial charge in [-0.05, 0) is 49.5 Å². The van der Waals surface area contributed by atoms with Crippen molar-refractivity contribution in [1.29, 1.82) is 0 Å². The van der Waals surface area contributed by atoms with Gasteiger partial charge in [-0.2, -0.15) is 0 Å². The summed E-state index contributed by atoms with van der Waals surface area (Å²) in [7, 11) is 0. The van der Waals surface area contributed by atoms with Crippen molar-refractivity contribution < 1.29 is 4.42 Å². The third kappa shape index (κ3) is 2.07. The van der Waals surface area contributed by atoms with Crippen LogP contribution in [0.15, 0.2) is 27.4 Å². The highest BCUT2D eigenvalue weighted by molar-refractivity contribution is 5.72. The number of hydrogen-bond donors (Lipinski definition) is 3. The van der Waals surface area contributed by atoms with E-state index in [0.717, 1.165) is 37.0 Å². The lowest BCUT2D eigenvalue weighted by atomic mass is 9.86. The van der Waals surface area contributed by atoms with Crippen molar-refractivity contribution in [2.75, 3.05) is 13.1 Å². The van der Waals surface area contributed by atoms with Crippen molar-refractivity contribution in [2.24, 2.45) is 11.7 Å². The Hall–Kier alpha value is -1.59. The van der Waals surface area contributed by atoms with E-state index in [2.05, 4.69) is 10.3 Å². The zero-order valence-electron chi connectivity index (χ0n) is 10.1. The van der Waals surface area contributed by atoms with E-state index in [0.29, 0.717) is 11.5 Å². The summed E-state index contributed by atoms with van der Waals surface area (Å²) < 4.78 is 4.99. The predicted molar refractivity (Wildman–Crippen MR) is 69.4 cm³/mol. The molecule has 1 aliphatic rings. The highest BCUT2D eigenvalue weighted by atomic mass is 16.4. The minimum Gasteiger partial charge on any atom is -0.408 e. The molecule has 0 aliphatic carbocycles. The summed E-state index contributed by atoms with van der Waals surface area (Å²) in [6.45, 7) is 2.06. The second-order valence-corrected chi connectivity index (χ2v) is 4.88. The summed E-state index contributed by atoms with van der Waals surface area (Å²) in [5.74, 6) is 0.0833. The quantitative estimate of drug-likeness (QED) is 0.742. The summed E-state index contributed by atoms with van der Waals surface area (Å²) in [5, 5.41) is 3.34. The Morgan fingerprint density at radius 3 is 2.89 bits per heavy atom. The molecule has 96 valence electrons. The lowest BCUT2D eigenvalue weighted by Gasteiger charge is -2.28. The van der Waals surface area contributed by atoms with Gasteiger partial charge in [-0.3, -0.25) is 4.98 Å². The zero-order valence-corrected chi connectivity index (χ0v) is 10.1. The van der Waals surface area contributed by atoms with E-state index in [9.17, 15) is 4.79 Å². The molecule has 4 N–H and O–H groups in total.